The molecule has 0 unspecified atom stereocenters. The molecule has 2 aromatic heterocycles. The number of hydrogen-bond acceptors (Lipinski definition) is 5. The molecule has 7 heteroatoms. The lowest BCUT2D eigenvalue weighted by atomic mass is 10.1. The van der Waals surface area contributed by atoms with Crippen molar-refractivity contribution in [3.05, 3.63) is 56.9 Å². The van der Waals surface area contributed by atoms with Gasteiger partial charge in [-0.05, 0) is 49.6 Å². The van der Waals surface area contributed by atoms with Gasteiger partial charge in [0.2, 0.25) is 11.7 Å². The highest BCUT2D eigenvalue weighted by Crippen LogP contribution is 2.27. The van der Waals surface area contributed by atoms with Crippen molar-refractivity contribution in [2.45, 2.75) is 6.42 Å². The second-order valence-electron chi connectivity index (χ2n) is 4.37. The summed E-state index contributed by atoms with van der Waals surface area (Å²) in [6.45, 7) is 0. The van der Waals surface area contributed by atoms with Crippen LogP contribution in [0.1, 0.15) is 11.5 Å². The monoisotopic (exact) mass is 408 g/mol. The molecule has 0 aliphatic rings. The molecule has 21 heavy (non-hydrogen) atoms. The normalized spacial score (nSPS) is 10.8. The molecule has 0 bridgehead atoms. The van der Waals surface area contributed by atoms with Crippen LogP contribution in [-0.2, 0) is 6.42 Å². The van der Waals surface area contributed by atoms with E-state index in [1.165, 1.54) is 0 Å². The Kier molecular flexibility index (Phi) is 4.03. The number of aromatic nitrogens is 3. The van der Waals surface area contributed by atoms with Crippen LogP contribution in [0, 0.1) is 0 Å². The highest BCUT2D eigenvalue weighted by atomic mass is 79.9. The molecular weight excluding hydrogens is 400 g/mol. The SMILES string of the molecule is Nc1ccccc1Cc1nc(-c2ncc(Br)cc2Br)no1. The fourth-order valence-electron chi connectivity index (χ4n) is 1.86. The number of para-hydroxylation sites is 1. The summed E-state index contributed by atoms with van der Waals surface area (Å²) in [5.41, 5.74) is 8.21. The molecule has 2 heterocycles. The fourth-order valence-corrected chi connectivity index (χ4v) is 3.02. The molecule has 0 radical (unpaired) electrons. The van der Waals surface area contributed by atoms with Gasteiger partial charge in [0, 0.05) is 20.8 Å². The summed E-state index contributed by atoms with van der Waals surface area (Å²) >= 11 is 6.79. The fraction of sp³-hybridized carbons (Fsp3) is 0.0714. The average molecular weight is 410 g/mol. The maximum atomic E-state index is 5.91. The van der Waals surface area contributed by atoms with Gasteiger partial charge in [-0.3, -0.25) is 4.98 Å². The highest BCUT2D eigenvalue weighted by Gasteiger charge is 2.14. The van der Waals surface area contributed by atoms with Crippen LogP contribution >= 0.6 is 31.9 Å². The Morgan fingerprint density at radius 1 is 1.19 bits per heavy atom. The second kappa shape index (κ2) is 5.95. The quantitative estimate of drug-likeness (QED) is 0.665. The summed E-state index contributed by atoms with van der Waals surface area (Å²) in [6, 6.07) is 9.48. The third-order valence-electron chi connectivity index (χ3n) is 2.88. The van der Waals surface area contributed by atoms with Crippen LogP contribution in [0.15, 0.2) is 50.0 Å². The Morgan fingerprint density at radius 2 is 2.00 bits per heavy atom. The van der Waals surface area contributed by atoms with Gasteiger partial charge in [0.1, 0.15) is 5.69 Å². The Morgan fingerprint density at radius 3 is 2.76 bits per heavy atom. The van der Waals surface area contributed by atoms with Crippen LogP contribution in [-0.4, -0.2) is 15.1 Å². The summed E-state index contributed by atoms with van der Waals surface area (Å²) < 4.78 is 6.94. The summed E-state index contributed by atoms with van der Waals surface area (Å²) in [7, 11) is 0. The van der Waals surface area contributed by atoms with E-state index in [4.69, 9.17) is 10.3 Å². The lowest BCUT2D eigenvalue weighted by molar-refractivity contribution is 0.385. The van der Waals surface area contributed by atoms with Crippen molar-refractivity contribution in [2.24, 2.45) is 0 Å². The lowest BCUT2D eigenvalue weighted by Crippen LogP contribution is -1.95. The van der Waals surface area contributed by atoms with Gasteiger partial charge < -0.3 is 10.3 Å². The number of hydrogen-bond donors (Lipinski definition) is 1. The van der Waals surface area contributed by atoms with Crippen LogP contribution in [0.2, 0.25) is 0 Å². The van der Waals surface area contributed by atoms with Crippen LogP contribution in [0.4, 0.5) is 5.69 Å². The molecule has 0 aliphatic heterocycles. The van der Waals surface area contributed by atoms with E-state index in [2.05, 4.69) is 47.0 Å². The summed E-state index contributed by atoms with van der Waals surface area (Å²) in [4.78, 5) is 8.65. The summed E-state index contributed by atoms with van der Waals surface area (Å²) in [5.74, 6) is 0.943. The van der Waals surface area contributed by atoms with E-state index in [1.54, 1.807) is 6.20 Å². The van der Waals surface area contributed by atoms with Crippen molar-refractivity contribution < 1.29 is 4.52 Å². The summed E-state index contributed by atoms with van der Waals surface area (Å²) in [6.07, 6.45) is 2.18. The zero-order valence-corrected chi connectivity index (χ0v) is 13.9. The second-order valence-corrected chi connectivity index (χ2v) is 6.14. The Bertz CT molecular complexity index is 788. The predicted octanol–water partition coefficient (Wildman–Crippen LogP) is 3.83. The van der Waals surface area contributed by atoms with Crippen LogP contribution in [0.5, 0.6) is 0 Å². The lowest BCUT2D eigenvalue weighted by Gasteiger charge is -2.00. The van der Waals surface area contributed by atoms with Crippen molar-refractivity contribution in [1.29, 1.82) is 0 Å². The topological polar surface area (TPSA) is 77.8 Å². The van der Waals surface area contributed by atoms with Crippen molar-refractivity contribution in [1.82, 2.24) is 15.1 Å². The molecule has 1 aromatic carbocycles. The van der Waals surface area contributed by atoms with Gasteiger partial charge >= 0.3 is 0 Å². The maximum Gasteiger partial charge on any atom is 0.231 e. The van der Waals surface area contributed by atoms with Crippen molar-refractivity contribution in [2.75, 3.05) is 5.73 Å². The first-order chi connectivity index (χ1) is 10.1. The van der Waals surface area contributed by atoms with Gasteiger partial charge in [-0.2, -0.15) is 4.98 Å². The number of nitrogen functional groups attached to an aromatic ring is 1. The minimum Gasteiger partial charge on any atom is -0.398 e. The van der Waals surface area contributed by atoms with Crippen molar-refractivity contribution in [3.8, 4) is 11.5 Å². The predicted molar refractivity (Wildman–Crippen MR) is 86.6 cm³/mol. The van der Waals surface area contributed by atoms with E-state index in [0.29, 0.717) is 29.5 Å². The van der Waals surface area contributed by atoms with E-state index < -0.39 is 0 Å². The van der Waals surface area contributed by atoms with Crippen LogP contribution < -0.4 is 5.73 Å². The minimum atomic E-state index is 0.443. The molecule has 0 saturated heterocycles. The first kappa shape index (κ1) is 14.2. The third kappa shape index (κ3) is 3.14. The van der Waals surface area contributed by atoms with Gasteiger partial charge in [-0.15, -0.1) is 0 Å². The number of rotatable bonds is 3. The molecule has 0 saturated carbocycles. The minimum absolute atomic E-state index is 0.443. The Hall–Kier alpha value is -1.73. The van der Waals surface area contributed by atoms with E-state index >= 15 is 0 Å². The maximum absolute atomic E-state index is 5.91. The van der Waals surface area contributed by atoms with Crippen molar-refractivity contribution in [3.63, 3.8) is 0 Å². The molecule has 0 aliphatic carbocycles. The molecule has 0 spiro atoms. The number of nitrogens with two attached hydrogens (primary N) is 1. The number of benzene rings is 1. The van der Waals surface area contributed by atoms with E-state index in [9.17, 15) is 0 Å². The number of anilines is 1. The van der Waals surface area contributed by atoms with Gasteiger partial charge in [-0.25, -0.2) is 0 Å². The average Bonchev–Trinajstić information content (AvgIpc) is 2.90. The number of pyridine rings is 1. The van der Waals surface area contributed by atoms with E-state index in [-0.39, 0.29) is 0 Å². The van der Waals surface area contributed by atoms with E-state index in [0.717, 1.165) is 14.5 Å². The first-order valence-corrected chi connectivity index (χ1v) is 7.69. The first-order valence-electron chi connectivity index (χ1n) is 6.11. The molecule has 5 nitrogen and oxygen atoms in total. The largest absolute Gasteiger partial charge is 0.398 e. The van der Waals surface area contributed by atoms with Gasteiger partial charge in [0.05, 0.1) is 6.42 Å². The van der Waals surface area contributed by atoms with Gasteiger partial charge in [0.25, 0.3) is 0 Å². The Labute approximate surface area is 137 Å². The van der Waals surface area contributed by atoms with E-state index in [1.807, 2.05) is 30.3 Å². The molecule has 3 aromatic rings. The molecule has 0 fully saturated rings. The zero-order chi connectivity index (χ0) is 14.8. The Balaban J connectivity index is 1.88. The highest BCUT2D eigenvalue weighted by molar-refractivity contribution is 9.11. The molecule has 0 amide bonds. The van der Waals surface area contributed by atoms with Gasteiger partial charge in [0.15, 0.2) is 0 Å². The molecule has 2 N–H and O–H groups in total. The smallest absolute Gasteiger partial charge is 0.231 e. The molecule has 3 rings (SSSR count). The molecule has 0 atom stereocenters. The van der Waals surface area contributed by atoms with Gasteiger partial charge in [-0.1, -0.05) is 23.4 Å². The van der Waals surface area contributed by atoms with Crippen molar-refractivity contribution >= 4 is 37.5 Å². The third-order valence-corrected chi connectivity index (χ3v) is 3.92. The van der Waals surface area contributed by atoms with Crippen LogP contribution in [0.3, 0.4) is 0 Å². The number of halogens is 2. The summed E-state index contributed by atoms with van der Waals surface area (Å²) in [5, 5.41) is 3.97. The van der Waals surface area contributed by atoms with Crippen LogP contribution in [0.25, 0.3) is 11.5 Å². The zero-order valence-electron chi connectivity index (χ0n) is 10.8. The standard InChI is InChI=1S/C14H10Br2N4O/c15-9-6-10(16)13(18-7-9)14-19-12(21-20-14)5-8-3-1-2-4-11(8)17/h1-4,6-7H,5,17H2. The molecular formula is C14H10Br2N4O. The number of nitrogens with zero attached hydrogens (tertiary/aromatic N) is 3. The molecule has 106 valence electrons.